The summed E-state index contributed by atoms with van der Waals surface area (Å²) in [7, 11) is -2.59. The Balaban J connectivity index is 1.33. The molecule has 0 unspecified atom stereocenters. The van der Waals surface area contributed by atoms with Crippen LogP contribution in [-0.4, -0.2) is 57.8 Å². The van der Waals surface area contributed by atoms with Crippen molar-refractivity contribution < 1.29 is 27.5 Å². The Kier molecular flexibility index (Phi) is 7.60. The zero-order valence-corrected chi connectivity index (χ0v) is 22.6. The average molecular weight is 553 g/mol. The van der Waals surface area contributed by atoms with Crippen LogP contribution in [0.4, 0.5) is 17.1 Å². The minimum Gasteiger partial charge on any atom is -0.495 e. The molecule has 0 aromatic heterocycles. The van der Waals surface area contributed by atoms with Gasteiger partial charge in [-0.3, -0.25) is 24.0 Å². The summed E-state index contributed by atoms with van der Waals surface area (Å²) in [6, 6.07) is 11.5. The topological polar surface area (TPSA) is 125 Å². The number of likely N-dealkylation sites (tertiary alicyclic amines) is 1. The van der Waals surface area contributed by atoms with Crippen LogP contribution < -0.4 is 19.7 Å². The first-order valence-corrected chi connectivity index (χ1v) is 14.6. The van der Waals surface area contributed by atoms with E-state index in [2.05, 4.69) is 10.0 Å². The minimum absolute atomic E-state index is 0.0110. The highest BCUT2D eigenvalue weighted by atomic mass is 32.2. The Bertz CT molecular complexity index is 1390. The third kappa shape index (κ3) is 5.49. The highest BCUT2D eigenvalue weighted by molar-refractivity contribution is 7.93. The highest BCUT2D eigenvalue weighted by Gasteiger charge is 2.46. The second-order valence-corrected chi connectivity index (χ2v) is 11.6. The second-order valence-electron chi connectivity index (χ2n) is 9.96. The van der Waals surface area contributed by atoms with Gasteiger partial charge < -0.3 is 15.0 Å². The molecule has 10 nitrogen and oxygen atoms in total. The number of ether oxygens (including phenoxy) is 1. The number of amides is 3. The van der Waals surface area contributed by atoms with Crippen LogP contribution in [-0.2, 0) is 24.4 Å². The summed E-state index contributed by atoms with van der Waals surface area (Å²) in [5.41, 5.74) is 1.16. The number of nitrogens with one attached hydrogen (secondary N) is 2. The largest absolute Gasteiger partial charge is 0.495 e. The molecule has 0 spiro atoms. The first kappa shape index (κ1) is 26.7. The van der Waals surface area contributed by atoms with E-state index < -0.39 is 15.9 Å². The van der Waals surface area contributed by atoms with Gasteiger partial charge in [-0.2, -0.15) is 0 Å². The Hall–Kier alpha value is -3.86. The van der Waals surface area contributed by atoms with Crippen molar-refractivity contribution in [2.24, 2.45) is 11.8 Å². The first-order chi connectivity index (χ1) is 18.8. The number of carbonyl (C=O) groups is 3. The smallest absolute Gasteiger partial charge is 0.264 e. The zero-order chi connectivity index (χ0) is 27.6. The number of rotatable bonds is 9. The molecule has 206 valence electrons. The van der Waals surface area contributed by atoms with Crippen LogP contribution >= 0.6 is 0 Å². The van der Waals surface area contributed by atoms with E-state index in [0.29, 0.717) is 35.7 Å². The van der Waals surface area contributed by atoms with E-state index in [1.807, 2.05) is 17.1 Å². The molecule has 0 radical (unpaired) electrons. The zero-order valence-electron chi connectivity index (χ0n) is 21.8. The highest BCUT2D eigenvalue weighted by Crippen LogP contribution is 2.36. The number of hydrogen-bond donors (Lipinski definition) is 2. The number of anilines is 3. The van der Waals surface area contributed by atoms with Crippen molar-refractivity contribution in [1.82, 2.24) is 4.90 Å². The van der Waals surface area contributed by atoms with Crippen LogP contribution in [0.5, 0.6) is 5.75 Å². The van der Waals surface area contributed by atoms with Gasteiger partial charge in [0, 0.05) is 31.7 Å². The van der Waals surface area contributed by atoms with Crippen LogP contribution in [0.25, 0.3) is 0 Å². The van der Waals surface area contributed by atoms with Crippen molar-refractivity contribution in [2.75, 3.05) is 41.7 Å². The predicted molar refractivity (Wildman–Crippen MR) is 147 cm³/mol. The monoisotopic (exact) mass is 552 g/mol. The maximum atomic E-state index is 13.6. The van der Waals surface area contributed by atoms with E-state index in [9.17, 15) is 22.8 Å². The molecule has 3 amide bonds. The maximum Gasteiger partial charge on any atom is 0.264 e. The van der Waals surface area contributed by atoms with Crippen LogP contribution in [0.2, 0.25) is 0 Å². The van der Waals surface area contributed by atoms with Gasteiger partial charge in [0.05, 0.1) is 30.3 Å². The van der Waals surface area contributed by atoms with E-state index in [4.69, 9.17) is 4.74 Å². The first-order valence-electron chi connectivity index (χ1n) is 13.1. The van der Waals surface area contributed by atoms with E-state index in [1.165, 1.54) is 18.1 Å². The fourth-order valence-corrected chi connectivity index (χ4v) is 6.80. The fraction of sp³-hybridized carbons (Fsp3) is 0.393. The number of allylic oxidation sites excluding steroid dienone is 2. The Morgan fingerprint density at radius 1 is 1.00 bits per heavy atom. The molecule has 2 saturated heterocycles. The molecule has 3 aliphatic rings. The molecule has 1 aliphatic carbocycles. The average Bonchev–Trinajstić information content (AvgIpc) is 3.55. The Labute approximate surface area is 228 Å². The molecule has 2 N–H and O–H groups in total. The van der Waals surface area contributed by atoms with Crippen LogP contribution in [0, 0.1) is 11.8 Å². The number of para-hydroxylation sites is 2. The Morgan fingerprint density at radius 3 is 2.33 bits per heavy atom. The third-order valence-corrected chi connectivity index (χ3v) is 8.89. The molecular weight excluding hydrogens is 520 g/mol. The number of benzene rings is 2. The molecule has 5 rings (SSSR count). The predicted octanol–water partition coefficient (Wildman–Crippen LogP) is 3.38. The van der Waals surface area contributed by atoms with Gasteiger partial charge in [-0.1, -0.05) is 24.3 Å². The number of nitrogens with zero attached hydrogens (tertiary/aromatic N) is 2. The summed E-state index contributed by atoms with van der Waals surface area (Å²) in [6.45, 7) is 1.46. The molecule has 0 bridgehead atoms. The van der Waals surface area contributed by atoms with Crippen molar-refractivity contribution in [3.63, 3.8) is 0 Å². The lowest BCUT2D eigenvalue weighted by molar-refractivity contribution is -0.140. The van der Waals surface area contributed by atoms with Crippen LogP contribution in [0.15, 0.2) is 59.5 Å². The summed E-state index contributed by atoms with van der Waals surface area (Å²) in [5.74, 6) is -1.17. The van der Waals surface area contributed by atoms with Gasteiger partial charge in [0.15, 0.2) is 0 Å². The van der Waals surface area contributed by atoms with Gasteiger partial charge in [0.1, 0.15) is 10.6 Å². The molecule has 39 heavy (non-hydrogen) atoms. The number of sulfonamides is 1. The summed E-state index contributed by atoms with van der Waals surface area (Å²) >= 11 is 0. The normalized spacial score (nSPS) is 20.7. The molecular formula is C28H32N4O6S. The number of carbonyl (C=O) groups excluding carboxylic acids is 3. The van der Waals surface area contributed by atoms with Crippen LogP contribution in [0.1, 0.15) is 32.1 Å². The van der Waals surface area contributed by atoms with Gasteiger partial charge in [-0.25, -0.2) is 8.42 Å². The van der Waals surface area contributed by atoms with Gasteiger partial charge in [0.25, 0.3) is 10.0 Å². The summed E-state index contributed by atoms with van der Waals surface area (Å²) in [5, 5.41) is 2.74. The van der Waals surface area contributed by atoms with E-state index >= 15 is 0 Å². The van der Waals surface area contributed by atoms with Crippen molar-refractivity contribution >= 4 is 44.8 Å². The number of methoxy groups -OCH3 is 1. The SMILES string of the molecule is COc1ccccc1NS(=O)(=O)c1cc(NC(=O)CCN2C(=O)[C@H]3CC=CC[C@H]3C2=O)ccc1N1CCCC1. The van der Waals surface area contributed by atoms with E-state index in [1.54, 1.807) is 36.4 Å². The number of imide groups is 1. The van der Waals surface area contributed by atoms with Crippen molar-refractivity contribution in [1.29, 1.82) is 0 Å². The number of hydrogen-bond acceptors (Lipinski definition) is 7. The molecule has 0 saturated carbocycles. The summed E-state index contributed by atoms with van der Waals surface area (Å²) in [6.07, 6.45) is 6.77. The van der Waals surface area contributed by atoms with Crippen molar-refractivity contribution in [2.45, 2.75) is 37.0 Å². The van der Waals surface area contributed by atoms with Gasteiger partial charge >= 0.3 is 0 Å². The lowest BCUT2D eigenvalue weighted by Gasteiger charge is -2.23. The lowest BCUT2D eigenvalue weighted by Crippen LogP contribution is -2.34. The standard InChI is InChI=1S/C28H32N4O6S/c1-38-24-11-5-4-10-22(24)30-39(36,37)25-18-19(12-13-23(25)31-15-6-7-16-31)29-26(33)14-17-32-27(34)20-8-2-3-9-21(20)28(32)35/h2-5,10-13,18,20-21,30H,6-9,14-17H2,1H3,(H,29,33)/t20-,21+. The lowest BCUT2D eigenvalue weighted by atomic mass is 9.85. The van der Waals surface area contributed by atoms with Gasteiger partial charge in [-0.05, 0) is 56.0 Å². The minimum atomic E-state index is -4.05. The van der Waals surface area contributed by atoms with Crippen LogP contribution in [0.3, 0.4) is 0 Å². The quantitative estimate of drug-likeness (QED) is 0.361. The van der Waals surface area contributed by atoms with Crippen molar-refractivity contribution in [3.05, 3.63) is 54.6 Å². The van der Waals surface area contributed by atoms with Gasteiger partial charge in [-0.15, -0.1) is 0 Å². The summed E-state index contributed by atoms with van der Waals surface area (Å²) < 4.78 is 35.1. The molecule has 2 aromatic rings. The molecule has 11 heteroatoms. The third-order valence-electron chi connectivity index (χ3n) is 7.49. The Morgan fingerprint density at radius 2 is 1.67 bits per heavy atom. The number of fused-ring (bicyclic) bond motifs is 1. The molecule has 2 heterocycles. The van der Waals surface area contributed by atoms with Crippen molar-refractivity contribution in [3.8, 4) is 5.75 Å². The molecule has 2 fully saturated rings. The second kappa shape index (κ2) is 11.1. The molecule has 2 aliphatic heterocycles. The fourth-order valence-electron chi connectivity index (χ4n) is 5.48. The van der Waals surface area contributed by atoms with Gasteiger partial charge in [0.2, 0.25) is 17.7 Å². The van der Waals surface area contributed by atoms with E-state index in [-0.39, 0.29) is 41.5 Å². The summed E-state index contributed by atoms with van der Waals surface area (Å²) in [4.78, 5) is 41.4. The van der Waals surface area contributed by atoms with E-state index in [0.717, 1.165) is 25.9 Å². The molecule has 2 aromatic carbocycles. The molecule has 2 atom stereocenters. The maximum absolute atomic E-state index is 13.6.